The highest BCUT2D eigenvalue weighted by atomic mass is 32.2. The van der Waals surface area contributed by atoms with E-state index in [0.29, 0.717) is 21.6 Å². The maximum Gasteiger partial charge on any atom is 0.333 e. The zero-order valence-corrected chi connectivity index (χ0v) is 14.9. The Labute approximate surface area is 157 Å². The molecular formula is C19H13F2N3O2S. The fourth-order valence-corrected chi connectivity index (χ4v) is 3.91. The van der Waals surface area contributed by atoms with Crippen molar-refractivity contribution in [2.45, 2.75) is 23.3 Å². The summed E-state index contributed by atoms with van der Waals surface area (Å²) >= 11 is 1.48. The molecule has 0 N–H and O–H groups in total. The van der Waals surface area contributed by atoms with Crippen molar-refractivity contribution in [2.75, 3.05) is 4.90 Å². The van der Waals surface area contributed by atoms with Crippen LogP contribution in [-0.4, -0.2) is 21.5 Å². The van der Waals surface area contributed by atoms with E-state index in [4.69, 9.17) is 0 Å². The van der Waals surface area contributed by atoms with E-state index in [-0.39, 0.29) is 11.5 Å². The van der Waals surface area contributed by atoms with Crippen molar-refractivity contribution in [2.24, 2.45) is 0 Å². The van der Waals surface area contributed by atoms with Gasteiger partial charge in [-0.25, -0.2) is 4.68 Å². The molecular weight excluding hydrogens is 372 g/mol. The van der Waals surface area contributed by atoms with E-state index in [0.717, 1.165) is 16.0 Å². The number of Topliss-reactive ketones (excluding diaryl/α,β-unsaturated/α-hetero) is 1. The normalized spacial score (nSPS) is 12.7. The smallest absolute Gasteiger partial charge is 0.295 e. The van der Waals surface area contributed by atoms with E-state index in [1.807, 2.05) is 12.1 Å². The Morgan fingerprint density at radius 3 is 2.48 bits per heavy atom. The van der Waals surface area contributed by atoms with Crippen LogP contribution in [0.2, 0.25) is 0 Å². The molecule has 3 aromatic rings. The van der Waals surface area contributed by atoms with Crippen LogP contribution in [0.25, 0.3) is 0 Å². The highest BCUT2D eigenvalue weighted by molar-refractivity contribution is 7.99. The number of ketones is 1. The number of rotatable bonds is 3. The van der Waals surface area contributed by atoms with Gasteiger partial charge in [0.1, 0.15) is 0 Å². The number of alkyl halides is 2. The van der Waals surface area contributed by atoms with Crippen molar-refractivity contribution in [1.29, 1.82) is 0 Å². The zero-order valence-electron chi connectivity index (χ0n) is 14.1. The summed E-state index contributed by atoms with van der Waals surface area (Å²) in [6.45, 7) is -1.38. The molecule has 1 amide bonds. The lowest BCUT2D eigenvalue weighted by Crippen LogP contribution is -2.29. The molecule has 0 radical (unpaired) electrons. The zero-order chi connectivity index (χ0) is 19.1. The summed E-state index contributed by atoms with van der Waals surface area (Å²) in [5, 5.41) is 3.69. The molecule has 1 aliphatic rings. The standard InChI is InChI=1S/C19H13F2N3O2S/c1-11(25)12-6-7-17-15(10-12)24(14-4-2-3-5-16(14)27-17)18(26)13-8-9-23(22-13)19(20)21/h2-10,19H,1H3. The number of halogens is 2. The highest BCUT2D eigenvalue weighted by Gasteiger charge is 2.31. The number of hydrogen-bond acceptors (Lipinski definition) is 4. The lowest BCUT2D eigenvalue weighted by atomic mass is 10.1. The number of nitrogens with zero attached hydrogens (tertiary/aromatic N) is 3. The van der Waals surface area contributed by atoms with Gasteiger partial charge in [0.2, 0.25) is 0 Å². The van der Waals surface area contributed by atoms with Gasteiger partial charge in [-0.05, 0) is 37.3 Å². The number of hydrogen-bond donors (Lipinski definition) is 0. The Bertz CT molecular complexity index is 1060. The molecule has 0 saturated carbocycles. The molecule has 0 spiro atoms. The Morgan fingerprint density at radius 2 is 1.78 bits per heavy atom. The average molecular weight is 385 g/mol. The third-order valence-electron chi connectivity index (χ3n) is 4.16. The van der Waals surface area contributed by atoms with Crippen LogP contribution in [0.15, 0.2) is 64.5 Å². The predicted octanol–water partition coefficient (Wildman–Crippen LogP) is 4.92. The number of amides is 1. The van der Waals surface area contributed by atoms with Crippen molar-refractivity contribution in [3.05, 3.63) is 66.0 Å². The second-order valence-corrected chi connectivity index (χ2v) is 6.99. The minimum absolute atomic E-state index is 0.101. The quantitative estimate of drug-likeness (QED) is 0.600. The third-order valence-corrected chi connectivity index (χ3v) is 5.29. The molecule has 2 heterocycles. The van der Waals surface area contributed by atoms with Crippen molar-refractivity contribution in [1.82, 2.24) is 9.78 Å². The molecule has 0 fully saturated rings. The maximum atomic E-state index is 13.2. The number of anilines is 2. The molecule has 4 rings (SSSR count). The Balaban J connectivity index is 1.86. The SMILES string of the molecule is CC(=O)c1ccc2c(c1)N(C(=O)c1ccn(C(F)F)n1)c1ccccc1S2. The second-order valence-electron chi connectivity index (χ2n) is 5.91. The first-order chi connectivity index (χ1) is 13.0. The first kappa shape index (κ1) is 17.4. The van der Waals surface area contributed by atoms with E-state index in [1.54, 1.807) is 30.3 Å². The fourth-order valence-electron chi connectivity index (χ4n) is 2.87. The Hall–Kier alpha value is -3.00. The number of aromatic nitrogens is 2. The largest absolute Gasteiger partial charge is 0.333 e. The monoisotopic (exact) mass is 385 g/mol. The lowest BCUT2D eigenvalue weighted by Gasteiger charge is -2.30. The molecule has 27 heavy (non-hydrogen) atoms. The van der Waals surface area contributed by atoms with Gasteiger partial charge in [-0.2, -0.15) is 13.9 Å². The van der Waals surface area contributed by atoms with Gasteiger partial charge in [-0.3, -0.25) is 14.5 Å². The highest BCUT2D eigenvalue weighted by Crippen LogP contribution is 2.48. The summed E-state index contributed by atoms with van der Waals surface area (Å²) in [6.07, 6.45) is 1.06. The van der Waals surface area contributed by atoms with E-state index in [9.17, 15) is 18.4 Å². The summed E-state index contributed by atoms with van der Waals surface area (Å²) < 4.78 is 26.1. The first-order valence-electron chi connectivity index (χ1n) is 8.05. The molecule has 8 heteroatoms. The summed E-state index contributed by atoms with van der Waals surface area (Å²) in [5.74, 6) is -0.667. The summed E-state index contributed by atoms with van der Waals surface area (Å²) in [6, 6.07) is 13.7. The van der Waals surface area contributed by atoms with Crippen molar-refractivity contribution in [3.8, 4) is 0 Å². The van der Waals surface area contributed by atoms with Crippen molar-refractivity contribution in [3.63, 3.8) is 0 Å². The molecule has 0 saturated heterocycles. The van der Waals surface area contributed by atoms with Crippen LogP contribution in [0.3, 0.4) is 0 Å². The van der Waals surface area contributed by atoms with Crippen molar-refractivity contribution < 1.29 is 18.4 Å². The number of carbonyl (C=O) groups excluding carboxylic acids is 2. The number of para-hydroxylation sites is 1. The van der Waals surface area contributed by atoms with Crippen LogP contribution in [0, 0.1) is 0 Å². The maximum absolute atomic E-state index is 13.2. The third kappa shape index (κ3) is 3.02. The summed E-state index contributed by atoms with van der Waals surface area (Å²) in [5.41, 5.74) is 1.51. The van der Waals surface area contributed by atoms with Crippen LogP contribution in [-0.2, 0) is 0 Å². The number of carbonyl (C=O) groups is 2. The molecule has 0 aliphatic carbocycles. The molecule has 2 aromatic carbocycles. The summed E-state index contributed by atoms with van der Waals surface area (Å²) in [4.78, 5) is 28.0. The number of benzene rings is 2. The predicted molar refractivity (Wildman–Crippen MR) is 97.0 cm³/mol. The molecule has 1 aliphatic heterocycles. The van der Waals surface area contributed by atoms with Crippen LogP contribution >= 0.6 is 11.8 Å². The van der Waals surface area contributed by atoms with Gasteiger partial charge in [0.25, 0.3) is 5.91 Å². The van der Waals surface area contributed by atoms with Crippen LogP contribution in [0.1, 0.15) is 34.3 Å². The summed E-state index contributed by atoms with van der Waals surface area (Å²) in [7, 11) is 0. The molecule has 0 bridgehead atoms. The molecule has 1 aromatic heterocycles. The topological polar surface area (TPSA) is 55.2 Å². The number of fused-ring (bicyclic) bond motifs is 2. The fraction of sp³-hybridized carbons (Fsp3) is 0.105. The minimum Gasteiger partial charge on any atom is -0.295 e. The average Bonchev–Trinajstić information content (AvgIpc) is 3.15. The van der Waals surface area contributed by atoms with E-state index in [2.05, 4.69) is 5.10 Å². The van der Waals surface area contributed by atoms with Crippen LogP contribution in [0.4, 0.5) is 20.2 Å². The Kier molecular flexibility index (Phi) is 4.27. The van der Waals surface area contributed by atoms with Crippen LogP contribution < -0.4 is 4.90 Å². The van der Waals surface area contributed by atoms with Gasteiger partial charge in [0.15, 0.2) is 11.5 Å². The van der Waals surface area contributed by atoms with Crippen LogP contribution in [0.5, 0.6) is 0 Å². The van der Waals surface area contributed by atoms with Crippen molar-refractivity contribution >= 4 is 34.8 Å². The van der Waals surface area contributed by atoms with Gasteiger partial charge >= 0.3 is 6.55 Å². The second kappa shape index (κ2) is 6.62. The van der Waals surface area contributed by atoms with Gasteiger partial charge < -0.3 is 0 Å². The Morgan fingerprint density at radius 1 is 1.04 bits per heavy atom. The molecule has 136 valence electrons. The van der Waals surface area contributed by atoms with Gasteiger partial charge in [-0.15, -0.1) is 0 Å². The molecule has 0 atom stereocenters. The first-order valence-corrected chi connectivity index (χ1v) is 8.87. The van der Waals surface area contributed by atoms with E-state index >= 15 is 0 Å². The van der Waals surface area contributed by atoms with E-state index in [1.165, 1.54) is 29.7 Å². The van der Waals surface area contributed by atoms with Gasteiger partial charge in [0.05, 0.1) is 11.4 Å². The van der Waals surface area contributed by atoms with E-state index < -0.39 is 12.5 Å². The van der Waals surface area contributed by atoms with Gasteiger partial charge in [-0.1, -0.05) is 30.0 Å². The lowest BCUT2D eigenvalue weighted by molar-refractivity contribution is 0.0560. The molecule has 0 unspecified atom stereocenters. The van der Waals surface area contributed by atoms with Gasteiger partial charge in [0, 0.05) is 21.6 Å². The minimum atomic E-state index is -2.83. The molecule has 5 nitrogen and oxygen atoms in total.